The number of nitrogens with zero attached hydrogens (tertiary/aromatic N) is 1. The second kappa shape index (κ2) is 10.1. The van der Waals surface area contributed by atoms with Crippen LogP contribution in [0.3, 0.4) is 0 Å². The number of esters is 1. The molecule has 4 aliphatic carbocycles. The molecule has 1 unspecified atom stereocenters. The van der Waals surface area contributed by atoms with Crippen LogP contribution in [-0.2, 0) is 9.53 Å². The molecule has 0 aromatic rings. The first kappa shape index (κ1) is 26.6. The zero-order valence-corrected chi connectivity index (χ0v) is 23.7. The van der Waals surface area contributed by atoms with Gasteiger partial charge < -0.3 is 20.3 Å². The minimum absolute atomic E-state index is 0.148. The molecule has 1 saturated heterocycles. The molecule has 0 radical (unpaired) electrons. The quantitative estimate of drug-likeness (QED) is 0.451. The summed E-state index contributed by atoms with van der Waals surface area (Å²) in [5.41, 5.74) is 0.671. The van der Waals surface area contributed by atoms with E-state index >= 15 is 0 Å². The van der Waals surface area contributed by atoms with E-state index in [1.165, 1.54) is 32.1 Å². The van der Waals surface area contributed by atoms with Gasteiger partial charge in [-0.05, 0) is 92.4 Å². The fourth-order valence-electron chi connectivity index (χ4n) is 10.0. The van der Waals surface area contributed by atoms with E-state index in [1.807, 2.05) is 11.8 Å². The Balaban J connectivity index is 1.08. The third-order valence-electron chi connectivity index (χ3n) is 12.1. The summed E-state index contributed by atoms with van der Waals surface area (Å²) in [4.78, 5) is 14.2. The van der Waals surface area contributed by atoms with E-state index < -0.39 is 5.60 Å². The fraction of sp³-hybridized carbons (Fsp3) is 0.900. The topological polar surface area (TPSA) is 82.0 Å². The number of piperazine rings is 1. The van der Waals surface area contributed by atoms with Crippen LogP contribution in [0, 0.1) is 34.5 Å². The summed E-state index contributed by atoms with van der Waals surface area (Å²) < 4.78 is 5.28. The van der Waals surface area contributed by atoms with Crippen molar-refractivity contribution in [3.63, 3.8) is 0 Å². The summed E-state index contributed by atoms with van der Waals surface area (Å²) in [6.07, 6.45) is 11.7. The van der Waals surface area contributed by atoms with Crippen LogP contribution in [0.25, 0.3) is 0 Å². The maximum absolute atomic E-state index is 12.4. The molecule has 37 heavy (non-hydrogen) atoms. The van der Waals surface area contributed by atoms with Crippen LogP contribution in [0.1, 0.15) is 71.6 Å². The molecule has 6 nitrogen and oxygen atoms in total. The zero-order valence-electron chi connectivity index (χ0n) is 22.9. The van der Waals surface area contributed by atoms with Crippen LogP contribution in [-0.4, -0.2) is 83.1 Å². The molecule has 5 fully saturated rings. The van der Waals surface area contributed by atoms with Gasteiger partial charge in [-0.2, -0.15) is 11.8 Å². The van der Waals surface area contributed by atoms with Crippen molar-refractivity contribution >= 4 is 17.7 Å². The van der Waals surface area contributed by atoms with Crippen molar-refractivity contribution in [2.24, 2.45) is 34.5 Å². The predicted octanol–water partition coefficient (Wildman–Crippen LogP) is 3.61. The first-order chi connectivity index (χ1) is 17.7. The van der Waals surface area contributed by atoms with Crippen molar-refractivity contribution < 1.29 is 19.7 Å². The van der Waals surface area contributed by atoms with E-state index in [0.717, 1.165) is 75.7 Å². The number of ether oxygens (including phenoxy) is 1. The Hall–Kier alpha value is -0.600. The SMILES string of the molecule is C[C@]12CC[C@H](SCC(O)CN3CCNCC3)C[C@H]1CC[C@@H]1[C@@H]2CC[C@]2(C)[C@@H](C3=CC(=O)OC3)CC[C@]12O. The monoisotopic (exact) mass is 532 g/mol. The Labute approximate surface area is 227 Å². The first-order valence-electron chi connectivity index (χ1n) is 15.1. The molecular weight excluding hydrogens is 484 g/mol. The second-order valence-corrected chi connectivity index (χ2v) is 15.1. The number of fused-ring (bicyclic) bond motifs is 5. The van der Waals surface area contributed by atoms with E-state index in [9.17, 15) is 15.0 Å². The summed E-state index contributed by atoms with van der Waals surface area (Å²) in [5.74, 6) is 2.63. The van der Waals surface area contributed by atoms with Gasteiger partial charge in [0.1, 0.15) is 6.61 Å². The van der Waals surface area contributed by atoms with E-state index in [2.05, 4.69) is 24.1 Å². The molecule has 0 amide bonds. The number of carbonyl (C=O) groups is 1. The summed E-state index contributed by atoms with van der Waals surface area (Å²) in [6, 6.07) is 0. The lowest BCUT2D eigenvalue weighted by atomic mass is 9.43. The minimum Gasteiger partial charge on any atom is -0.458 e. The van der Waals surface area contributed by atoms with Crippen molar-refractivity contribution in [1.82, 2.24) is 10.2 Å². The van der Waals surface area contributed by atoms with Crippen LogP contribution in [0.2, 0.25) is 0 Å². The van der Waals surface area contributed by atoms with Crippen LogP contribution in [0.4, 0.5) is 0 Å². The molecule has 4 saturated carbocycles. The summed E-state index contributed by atoms with van der Waals surface area (Å²) in [6.45, 7) is 10.3. The van der Waals surface area contributed by atoms with Crippen LogP contribution in [0.15, 0.2) is 11.6 Å². The number of nitrogens with one attached hydrogen (secondary N) is 1. The minimum atomic E-state index is -0.624. The van der Waals surface area contributed by atoms with Gasteiger partial charge in [0.2, 0.25) is 0 Å². The molecule has 9 atom stereocenters. The lowest BCUT2D eigenvalue weighted by Gasteiger charge is -2.64. The molecule has 0 aromatic carbocycles. The van der Waals surface area contributed by atoms with Crippen molar-refractivity contribution in [2.45, 2.75) is 88.6 Å². The van der Waals surface area contributed by atoms with Crippen molar-refractivity contribution in [1.29, 1.82) is 0 Å². The second-order valence-electron chi connectivity index (χ2n) is 13.7. The first-order valence-corrected chi connectivity index (χ1v) is 16.1. The molecule has 208 valence electrons. The molecule has 2 aliphatic heterocycles. The molecule has 0 spiro atoms. The van der Waals surface area contributed by atoms with Gasteiger partial charge in [-0.3, -0.25) is 4.90 Å². The van der Waals surface area contributed by atoms with Gasteiger partial charge in [0, 0.05) is 55.2 Å². The number of β-amino-alcohol motifs (C(OH)–C–C–N with tert-alkyl or cyclic N) is 1. The highest BCUT2D eigenvalue weighted by Gasteiger charge is 2.67. The smallest absolute Gasteiger partial charge is 0.331 e. The number of carbonyl (C=O) groups excluding carboxylic acids is 1. The lowest BCUT2D eigenvalue weighted by Crippen LogP contribution is -2.62. The van der Waals surface area contributed by atoms with E-state index in [-0.39, 0.29) is 23.4 Å². The molecule has 6 aliphatic rings. The highest BCUT2D eigenvalue weighted by atomic mass is 32.2. The maximum Gasteiger partial charge on any atom is 0.331 e. The molecule has 0 bridgehead atoms. The summed E-state index contributed by atoms with van der Waals surface area (Å²) >= 11 is 2.02. The Bertz CT molecular complexity index is 908. The number of hydrogen-bond donors (Lipinski definition) is 3. The Morgan fingerprint density at radius 1 is 1.11 bits per heavy atom. The molecule has 2 heterocycles. The lowest BCUT2D eigenvalue weighted by molar-refractivity contribution is -0.203. The highest BCUT2D eigenvalue weighted by molar-refractivity contribution is 7.99. The molecule has 7 heteroatoms. The van der Waals surface area contributed by atoms with Gasteiger partial charge >= 0.3 is 5.97 Å². The van der Waals surface area contributed by atoms with E-state index in [4.69, 9.17) is 4.74 Å². The van der Waals surface area contributed by atoms with E-state index in [1.54, 1.807) is 6.08 Å². The highest BCUT2D eigenvalue weighted by Crippen LogP contribution is 2.70. The third-order valence-corrected chi connectivity index (χ3v) is 13.6. The number of aliphatic hydroxyl groups excluding tert-OH is 1. The van der Waals surface area contributed by atoms with Gasteiger partial charge in [0.05, 0.1) is 11.7 Å². The number of cyclic esters (lactones) is 1. The summed E-state index contributed by atoms with van der Waals surface area (Å²) in [7, 11) is 0. The number of aliphatic hydroxyl groups is 2. The number of rotatable bonds is 6. The third kappa shape index (κ3) is 4.53. The van der Waals surface area contributed by atoms with Gasteiger partial charge in [0.15, 0.2) is 0 Å². The van der Waals surface area contributed by atoms with Crippen LogP contribution < -0.4 is 5.32 Å². The van der Waals surface area contributed by atoms with Crippen LogP contribution >= 0.6 is 11.8 Å². The van der Waals surface area contributed by atoms with Gasteiger partial charge in [-0.15, -0.1) is 0 Å². The van der Waals surface area contributed by atoms with Crippen molar-refractivity contribution in [2.75, 3.05) is 45.1 Å². The molecule has 0 aromatic heterocycles. The number of hydrogen-bond acceptors (Lipinski definition) is 7. The Morgan fingerprint density at radius 3 is 2.68 bits per heavy atom. The standard InChI is InChI=1S/C30H48N2O4S/c1-28-8-5-23(37-19-22(33)17-32-13-11-31-12-14-32)16-21(28)3-4-26-25(28)6-9-29(2)24(7-10-30(26,29)35)20-15-27(34)36-18-20/h15,21-26,31,33,35H,3-14,16-19H2,1-2H3/t21-,22?,23+,24-,25+,26-,28+,29-,30+/m1/s1. The average molecular weight is 533 g/mol. The van der Waals surface area contributed by atoms with Gasteiger partial charge in [-0.1, -0.05) is 13.8 Å². The summed E-state index contributed by atoms with van der Waals surface area (Å²) in [5, 5.41) is 27.1. The van der Waals surface area contributed by atoms with Crippen molar-refractivity contribution in [3.05, 3.63) is 11.6 Å². The maximum atomic E-state index is 12.4. The normalized spacial score (nSPS) is 47.0. The number of thioether (sulfide) groups is 1. The predicted molar refractivity (Wildman–Crippen MR) is 147 cm³/mol. The Kier molecular flexibility index (Phi) is 7.27. The van der Waals surface area contributed by atoms with Crippen molar-refractivity contribution in [3.8, 4) is 0 Å². The average Bonchev–Trinajstić information content (AvgIpc) is 3.43. The largest absolute Gasteiger partial charge is 0.458 e. The molecular formula is C30H48N2O4S. The van der Waals surface area contributed by atoms with Gasteiger partial charge in [-0.25, -0.2) is 4.79 Å². The molecule has 3 N–H and O–H groups in total. The molecule has 6 rings (SSSR count). The Morgan fingerprint density at radius 2 is 1.92 bits per heavy atom. The zero-order chi connectivity index (χ0) is 25.8. The van der Waals surface area contributed by atoms with E-state index in [0.29, 0.717) is 29.1 Å². The fourth-order valence-corrected chi connectivity index (χ4v) is 11.3. The van der Waals surface area contributed by atoms with Gasteiger partial charge in [0.25, 0.3) is 0 Å². The van der Waals surface area contributed by atoms with Crippen LogP contribution in [0.5, 0.6) is 0 Å².